The van der Waals surface area contributed by atoms with Gasteiger partial charge < -0.3 is 0 Å². The maximum absolute atomic E-state index is 9.61. The number of fused-ring (bicyclic) bond motifs is 3. The molecule has 26 heavy (non-hydrogen) atoms. The van der Waals surface area contributed by atoms with Crippen LogP contribution in [0.15, 0.2) is 42.5 Å². The second-order valence-electron chi connectivity index (χ2n) is 8.20. The van der Waals surface area contributed by atoms with Gasteiger partial charge in [0.1, 0.15) is 7.05 Å². The molecule has 2 nitrogen and oxygen atoms in total. The molecule has 2 aliphatic rings. The molecule has 0 saturated heterocycles. The fraction of sp³-hybridized carbons (Fsp3) is 0.417. The van der Waals surface area contributed by atoms with Crippen molar-refractivity contribution in [3.05, 3.63) is 53.6 Å². The second-order valence-corrected chi connectivity index (χ2v) is 8.20. The van der Waals surface area contributed by atoms with Crippen LogP contribution >= 0.6 is 0 Å². The second kappa shape index (κ2) is 6.40. The van der Waals surface area contributed by atoms with E-state index in [1.807, 2.05) is 0 Å². The van der Waals surface area contributed by atoms with Gasteiger partial charge in [0.05, 0.1) is 17.9 Å². The standard InChI is InChI=1S/C24H27N2/c1-17-8-11-20-19(16-17)10-12-21-23(20)24(2,14-15-25)22(26(21)3)13-9-18-6-4-5-7-18/h8-13,16,18H,4-7,14H2,1-3H3/q+1/b13-9+. The summed E-state index contributed by atoms with van der Waals surface area (Å²) in [6, 6.07) is 13.6. The van der Waals surface area contributed by atoms with Gasteiger partial charge in [0.2, 0.25) is 5.69 Å². The van der Waals surface area contributed by atoms with Crippen LogP contribution in [0.25, 0.3) is 10.8 Å². The predicted octanol–water partition coefficient (Wildman–Crippen LogP) is 5.79. The third-order valence-corrected chi connectivity index (χ3v) is 6.35. The molecule has 2 aromatic rings. The van der Waals surface area contributed by atoms with Crippen LogP contribution in [-0.2, 0) is 5.41 Å². The van der Waals surface area contributed by atoms with Crippen LogP contribution in [0.5, 0.6) is 0 Å². The average Bonchev–Trinajstić information content (AvgIpc) is 3.20. The fourth-order valence-corrected chi connectivity index (χ4v) is 4.93. The highest BCUT2D eigenvalue weighted by Crippen LogP contribution is 2.46. The third kappa shape index (κ3) is 2.58. The van der Waals surface area contributed by atoms with E-state index in [0.717, 1.165) is 0 Å². The third-order valence-electron chi connectivity index (χ3n) is 6.35. The van der Waals surface area contributed by atoms with E-state index in [2.05, 4.69) is 74.0 Å². The molecule has 0 N–H and O–H groups in total. The Morgan fingerprint density at radius 3 is 2.73 bits per heavy atom. The molecule has 1 aliphatic heterocycles. The molecule has 0 spiro atoms. The van der Waals surface area contributed by atoms with Gasteiger partial charge in [0.25, 0.3) is 0 Å². The van der Waals surface area contributed by atoms with Crippen LogP contribution in [0.1, 0.15) is 50.2 Å². The lowest BCUT2D eigenvalue weighted by Gasteiger charge is -2.20. The van der Waals surface area contributed by atoms with Gasteiger partial charge in [-0.3, -0.25) is 0 Å². The zero-order chi connectivity index (χ0) is 18.3. The van der Waals surface area contributed by atoms with Crippen molar-refractivity contribution in [2.24, 2.45) is 5.92 Å². The molecule has 0 bridgehead atoms. The summed E-state index contributed by atoms with van der Waals surface area (Å²) in [5.41, 5.74) is 4.82. The fourth-order valence-electron chi connectivity index (χ4n) is 4.93. The van der Waals surface area contributed by atoms with E-state index in [1.165, 1.54) is 59.0 Å². The Morgan fingerprint density at radius 1 is 1.23 bits per heavy atom. The van der Waals surface area contributed by atoms with E-state index >= 15 is 0 Å². The topological polar surface area (TPSA) is 26.8 Å². The van der Waals surface area contributed by atoms with Crippen molar-refractivity contribution in [2.75, 3.05) is 7.05 Å². The lowest BCUT2D eigenvalue weighted by molar-refractivity contribution is -0.401. The summed E-state index contributed by atoms with van der Waals surface area (Å²) in [4.78, 5) is 0. The molecule has 1 unspecified atom stereocenters. The number of hydrogen-bond donors (Lipinski definition) is 0. The van der Waals surface area contributed by atoms with Crippen LogP contribution in [0.4, 0.5) is 5.69 Å². The summed E-state index contributed by atoms with van der Waals surface area (Å²) in [6.45, 7) is 4.38. The minimum absolute atomic E-state index is 0.261. The summed E-state index contributed by atoms with van der Waals surface area (Å²) in [7, 11) is 2.15. The summed E-state index contributed by atoms with van der Waals surface area (Å²) in [6.07, 6.45) is 10.5. The molecule has 1 fully saturated rings. The van der Waals surface area contributed by atoms with Crippen molar-refractivity contribution in [1.29, 1.82) is 5.26 Å². The van der Waals surface area contributed by atoms with Gasteiger partial charge in [0.15, 0.2) is 5.71 Å². The van der Waals surface area contributed by atoms with Gasteiger partial charge in [-0.25, -0.2) is 0 Å². The van der Waals surface area contributed by atoms with Crippen molar-refractivity contribution < 1.29 is 4.58 Å². The molecule has 2 heteroatoms. The molecule has 4 rings (SSSR count). The first-order valence-corrected chi connectivity index (χ1v) is 9.75. The molecule has 1 saturated carbocycles. The Kier molecular flexibility index (Phi) is 4.19. The number of benzene rings is 2. The minimum Gasteiger partial charge on any atom is -0.198 e. The number of rotatable bonds is 3. The maximum atomic E-state index is 9.61. The van der Waals surface area contributed by atoms with E-state index in [-0.39, 0.29) is 5.41 Å². The molecular formula is C24H27N2+. The van der Waals surface area contributed by atoms with E-state index in [4.69, 9.17) is 0 Å². The summed E-state index contributed by atoms with van der Waals surface area (Å²) in [5.74, 6) is 0.699. The smallest absolute Gasteiger partial charge is 0.198 e. The number of aryl methyl sites for hydroxylation is 1. The highest BCUT2D eigenvalue weighted by Gasteiger charge is 2.47. The predicted molar refractivity (Wildman–Crippen MR) is 108 cm³/mol. The maximum Gasteiger partial charge on any atom is 0.210 e. The van der Waals surface area contributed by atoms with Crippen molar-refractivity contribution >= 4 is 22.2 Å². The molecule has 0 amide bonds. The first kappa shape index (κ1) is 17.0. The van der Waals surface area contributed by atoms with Crippen LogP contribution in [0.3, 0.4) is 0 Å². The van der Waals surface area contributed by atoms with Crippen molar-refractivity contribution in [2.45, 2.75) is 51.4 Å². The zero-order valence-corrected chi connectivity index (χ0v) is 16.0. The molecular weight excluding hydrogens is 316 g/mol. The quantitative estimate of drug-likeness (QED) is 0.648. The van der Waals surface area contributed by atoms with Crippen molar-refractivity contribution in [1.82, 2.24) is 0 Å². The zero-order valence-electron chi connectivity index (χ0n) is 16.0. The van der Waals surface area contributed by atoms with Gasteiger partial charge in [-0.15, -0.1) is 0 Å². The summed E-state index contributed by atoms with van der Waals surface area (Å²) >= 11 is 0. The van der Waals surface area contributed by atoms with Gasteiger partial charge in [-0.2, -0.15) is 9.84 Å². The Balaban J connectivity index is 1.88. The molecule has 0 aromatic heterocycles. The Labute approximate surface area is 156 Å². The molecule has 0 radical (unpaired) electrons. The minimum atomic E-state index is -0.261. The first-order valence-electron chi connectivity index (χ1n) is 9.75. The Bertz CT molecular complexity index is 968. The summed E-state index contributed by atoms with van der Waals surface area (Å²) in [5, 5.41) is 12.2. The number of hydrogen-bond acceptors (Lipinski definition) is 1. The lowest BCUT2D eigenvalue weighted by Crippen LogP contribution is -2.30. The summed E-state index contributed by atoms with van der Waals surface area (Å²) < 4.78 is 2.30. The molecule has 2 aromatic carbocycles. The number of allylic oxidation sites excluding steroid dienone is 2. The van der Waals surface area contributed by atoms with Gasteiger partial charge in [-0.05, 0) is 49.4 Å². The van der Waals surface area contributed by atoms with E-state index in [1.54, 1.807) is 0 Å². The van der Waals surface area contributed by atoms with Gasteiger partial charge >= 0.3 is 0 Å². The number of nitriles is 1. The molecule has 1 aliphatic carbocycles. The van der Waals surface area contributed by atoms with Gasteiger partial charge in [-0.1, -0.05) is 42.7 Å². The van der Waals surface area contributed by atoms with Gasteiger partial charge in [0, 0.05) is 17.7 Å². The molecule has 1 atom stereocenters. The lowest BCUT2D eigenvalue weighted by atomic mass is 9.75. The van der Waals surface area contributed by atoms with Crippen molar-refractivity contribution in [3.8, 4) is 6.07 Å². The van der Waals surface area contributed by atoms with E-state index < -0.39 is 0 Å². The Hall–Kier alpha value is -2.40. The van der Waals surface area contributed by atoms with Crippen LogP contribution in [-0.4, -0.2) is 17.3 Å². The van der Waals surface area contributed by atoms with E-state index in [0.29, 0.717) is 12.3 Å². The van der Waals surface area contributed by atoms with Crippen LogP contribution < -0.4 is 0 Å². The van der Waals surface area contributed by atoms with E-state index in [9.17, 15) is 5.26 Å². The SMILES string of the molecule is Cc1ccc2c3c(ccc2c1)[N+](C)=C(/C=C/C1CCCC1)C3(C)CC#N. The molecule has 132 valence electrons. The number of nitrogens with zero attached hydrogens (tertiary/aromatic N) is 2. The largest absolute Gasteiger partial charge is 0.210 e. The van der Waals surface area contributed by atoms with Crippen molar-refractivity contribution in [3.63, 3.8) is 0 Å². The van der Waals surface area contributed by atoms with Crippen LogP contribution in [0, 0.1) is 24.2 Å². The highest BCUT2D eigenvalue weighted by molar-refractivity contribution is 6.08. The monoisotopic (exact) mass is 343 g/mol. The highest BCUT2D eigenvalue weighted by atomic mass is 15.0. The normalized spacial score (nSPS) is 23.2. The first-order chi connectivity index (χ1) is 12.5. The average molecular weight is 343 g/mol. The molecule has 1 heterocycles. The van der Waals surface area contributed by atoms with Crippen LogP contribution in [0.2, 0.25) is 0 Å². The Morgan fingerprint density at radius 2 is 2.00 bits per heavy atom.